The quantitative estimate of drug-likeness (QED) is 0.637. The van der Waals surface area contributed by atoms with Crippen LogP contribution in [0.3, 0.4) is 0 Å². The minimum absolute atomic E-state index is 0.00602. The van der Waals surface area contributed by atoms with Crippen molar-refractivity contribution in [2.45, 2.75) is 49.8 Å². The van der Waals surface area contributed by atoms with Crippen LogP contribution >= 0.6 is 11.8 Å². The number of carbonyl (C=O) groups excluding carboxylic acids is 1. The van der Waals surface area contributed by atoms with Gasteiger partial charge in [-0.15, -0.1) is 10.2 Å². The second-order valence-corrected chi connectivity index (χ2v) is 10.1. The predicted molar refractivity (Wildman–Crippen MR) is 114 cm³/mol. The average molecular weight is 438 g/mol. The minimum Gasteiger partial charge on any atom is -0.353 e. The number of nitrogens with one attached hydrogen (secondary N) is 1. The summed E-state index contributed by atoms with van der Waals surface area (Å²) in [6.07, 6.45) is 6.85. The van der Waals surface area contributed by atoms with Gasteiger partial charge in [0.05, 0.1) is 24.2 Å². The van der Waals surface area contributed by atoms with Gasteiger partial charge in [0, 0.05) is 13.1 Å². The summed E-state index contributed by atoms with van der Waals surface area (Å²) in [5.74, 6) is 0.764. The molecular formula is C19H27N5O3S2. The van der Waals surface area contributed by atoms with E-state index in [1.807, 2.05) is 6.07 Å². The van der Waals surface area contributed by atoms with Crippen molar-refractivity contribution in [2.75, 3.05) is 16.3 Å². The van der Waals surface area contributed by atoms with E-state index in [-0.39, 0.29) is 24.2 Å². The van der Waals surface area contributed by atoms with Crippen molar-refractivity contribution in [2.24, 2.45) is 7.05 Å². The molecule has 0 bridgehead atoms. The van der Waals surface area contributed by atoms with Crippen LogP contribution in [0.5, 0.6) is 0 Å². The Morgan fingerprint density at radius 2 is 1.90 bits per heavy atom. The van der Waals surface area contributed by atoms with Gasteiger partial charge in [-0.25, -0.2) is 8.42 Å². The number of carbonyl (C=O) groups is 1. The molecule has 1 heterocycles. The molecule has 1 fully saturated rings. The topological polar surface area (TPSA) is 97.2 Å². The first kappa shape index (κ1) is 21.6. The third kappa shape index (κ3) is 5.96. The molecule has 0 saturated heterocycles. The SMILES string of the molecule is Cn1c(CN(c2ccccc2)S(C)(=O)=O)nnc1SCC(=O)NC1CCCCC1. The molecule has 0 unspecified atom stereocenters. The van der Waals surface area contributed by atoms with Crippen molar-refractivity contribution in [3.8, 4) is 0 Å². The lowest BCUT2D eigenvalue weighted by atomic mass is 9.95. The fourth-order valence-corrected chi connectivity index (χ4v) is 4.97. The van der Waals surface area contributed by atoms with E-state index in [1.54, 1.807) is 35.9 Å². The Hall–Kier alpha value is -2.07. The number of amides is 1. The molecule has 1 aromatic carbocycles. The molecule has 1 aliphatic carbocycles. The van der Waals surface area contributed by atoms with E-state index in [4.69, 9.17) is 0 Å². The van der Waals surface area contributed by atoms with Gasteiger partial charge in [0.25, 0.3) is 0 Å². The number of anilines is 1. The van der Waals surface area contributed by atoms with Crippen LogP contribution in [-0.2, 0) is 28.4 Å². The molecule has 0 radical (unpaired) electrons. The van der Waals surface area contributed by atoms with Crippen LogP contribution in [0.15, 0.2) is 35.5 Å². The van der Waals surface area contributed by atoms with Crippen LogP contribution in [0.2, 0.25) is 0 Å². The summed E-state index contributed by atoms with van der Waals surface area (Å²) < 4.78 is 27.6. The van der Waals surface area contributed by atoms with Gasteiger partial charge in [0.1, 0.15) is 0 Å². The fraction of sp³-hybridized carbons (Fsp3) is 0.526. The maximum atomic E-state index is 12.3. The van der Waals surface area contributed by atoms with Gasteiger partial charge in [-0.2, -0.15) is 0 Å². The van der Waals surface area contributed by atoms with Gasteiger partial charge in [-0.05, 0) is 25.0 Å². The summed E-state index contributed by atoms with van der Waals surface area (Å²) in [4.78, 5) is 12.2. The Bertz CT molecular complexity index is 925. The summed E-state index contributed by atoms with van der Waals surface area (Å²) in [7, 11) is -1.70. The lowest BCUT2D eigenvalue weighted by Gasteiger charge is -2.22. The number of benzene rings is 1. The van der Waals surface area contributed by atoms with Gasteiger partial charge < -0.3 is 9.88 Å². The standard InChI is InChI=1S/C19H27N5O3S2/c1-23-17(13-24(29(2,26)27)16-11-7-4-8-12-16)21-22-19(23)28-14-18(25)20-15-9-5-3-6-10-15/h4,7-8,11-12,15H,3,5-6,9-10,13-14H2,1-2H3,(H,20,25). The van der Waals surface area contributed by atoms with Crippen LogP contribution in [0, 0.1) is 0 Å². The smallest absolute Gasteiger partial charge is 0.232 e. The van der Waals surface area contributed by atoms with Crippen LogP contribution in [0.1, 0.15) is 37.9 Å². The molecule has 8 nitrogen and oxygen atoms in total. The van der Waals surface area contributed by atoms with Gasteiger partial charge in [0.15, 0.2) is 11.0 Å². The third-order valence-electron chi connectivity index (χ3n) is 4.96. The molecule has 29 heavy (non-hydrogen) atoms. The van der Waals surface area contributed by atoms with Crippen LogP contribution in [0.25, 0.3) is 0 Å². The van der Waals surface area contributed by atoms with Crippen LogP contribution < -0.4 is 9.62 Å². The first-order valence-electron chi connectivity index (χ1n) is 9.68. The van der Waals surface area contributed by atoms with Crippen molar-refractivity contribution in [3.05, 3.63) is 36.2 Å². The van der Waals surface area contributed by atoms with E-state index in [2.05, 4.69) is 15.5 Å². The molecule has 0 atom stereocenters. The monoisotopic (exact) mass is 437 g/mol. The molecule has 158 valence electrons. The maximum absolute atomic E-state index is 12.3. The first-order chi connectivity index (χ1) is 13.8. The van der Waals surface area contributed by atoms with Crippen molar-refractivity contribution < 1.29 is 13.2 Å². The summed E-state index contributed by atoms with van der Waals surface area (Å²) in [5.41, 5.74) is 0.569. The molecule has 10 heteroatoms. The summed E-state index contributed by atoms with van der Waals surface area (Å²) in [6.45, 7) is 0.0706. The average Bonchev–Trinajstić information content (AvgIpc) is 3.04. The summed E-state index contributed by atoms with van der Waals surface area (Å²) >= 11 is 1.30. The third-order valence-corrected chi connectivity index (χ3v) is 7.12. The molecule has 1 saturated carbocycles. The Labute approximate surface area is 176 Å². The number of thioether (sulfide) groups is 1. The second kappa shape index (κ2) is 9.62. The Kier molecular flexibility index (Phi) is 7.18. The Balaban J connectivity index is 1.63. The number of nitrogens with zero attached hydrogens (tertiary/aromatic N) is 4. The van der Waals surface area contributed by atoms with E-state index in [0.717, 1.165) is 12.8 Å². The molecule has 2 aromatic rings. The lowest BCUT2D eigenvalue weighted by molar-refractivity contribution is -0.119. The first-order valence-corrected chi connectivity index (χ1v) is 12.5. The fourth-order valence-electron chi connectivity index (χ4n) is 3.38. The van der Waals surface area contributed by atoms with Crippen molar-refractivity contribution in [1.29, 1.82) is 0 Å². The molecule has 3 rings (SSSR count). The second-order valence-electron chi connectivity index (χ2n) is 7.25. The number of para-hydroxylation sites is 1. The molecule has 1 N–H and O–H groups in total. The highest BCUT2D eigenvalue weighted by Crippen LogP contribution is 2.22. The molecule has 0 aliphatic heterocycles. The molecule has 1 aromatic heterocycles. The number of hydrogen-bond donors (Lipinski definition) is 1. The number of aromatic nitrogens is 3. The molecular weight excluding hydrogens is 410 g/mol. The van der Waals surface area contributed by atoms with E-state index in [0.29, 0.717) is 16.7 Å². The van der Waals surface area contributed by atoms with Crippen LogP contribution in [-0.4, -0.2) is 47.1 Å². The molecule has 0 spiro atoms. The predicted octanol–water partition coefficient (Wildman–Crippen LogP) is 2.32. The van der Waals surface area contributed by atoms with Gasteiger partial charge in [-0.3, -0.25) is 9.10 Å². The van der Waals surface area contributed by atoms with Crippen LogP contribution in [0.4, 0.5) is 5.69 Å². The normalized spacial score (nSPS) is 15.2. The zero-order valence-corrected chi connectivity index (χ0v) is 18.4. The van der Waals surface area contributed by atoms with Gasteiger partial charge in [-0.1, -0.05) is 49.2 Å². The zero-order chi connectivity index (χ0) is 20.9. The number of rotatable bonds is 8. The highest BCUT2D eigenvalue weighted by Gasteiger charge is 2.22. The van der Waals surface area contributed by atoms with Crippen molar-refractivity contribution in [1.82, 2.24) is 20.1 Å². The minimum atomic E-state index is -3.48. The van der Waals surface area contributed by atoms with E-state index < -0.39 is 10.0 Å². The summed E-state index contributed by atoms with van der Waals surface area (Å²) in [6, 6.07) is 9.17. The number of hydrogen-bond acceptors (Lipinski definition) is 6. The lowest BCUT2D eigenvalue weighted by Crippen LogP contribution is -2.37. The number of sulfonamides is 1. The van der Waals surface area contributed by atoms with Crippen molar-refractivity contribution in [3.63, 3.8) is 0 Å². The zero-order valence-electron chi connectivity index (χ0n) is 16.7. The van der Waals surface area contributed by atoms with Gasteiger partial charge in [0.2, 0.25) is 15.9 Å². The van der Waals surface area contributed by atoms with E-state index in [1.165, 1.54) is 41.6 Å². The molecule has 1 aliphatic rings. The van der Waals surface area contributed by atoms with E-state index in [9.17, 15) is 13.2 Å². The largest absolute Gasteiger partial charge is 0.353 e. The highest BCUT2D eigenvalue weighted by atomic mass is 32.2. The molecule has 1 amide bonds. The Morgan fingerprint density at radius 1 is 1.21 bits per heavy atom. The highest BCUT2D eigenvalue weighted by molar-refractivity contribution is 7.99. The Morgan fingerprint density at radius 3 is 2.55 bits per heavy atom. The van der Waals surface area contributed by atoms with Gasteiger partial charge >= 0.3 is 0 Å². The summed E-state index contributed by atoms with van der Waals surface area (Å²) in [5, 5.41) is 11.9. The van der Waals surface area contributed by atoms with E-state index >= 15 is 0 Å². The maximum Gasteiger partial charge on any atom is 0.232 e. The van der Waals surface area contributed by atoms with Crippen molar-refractivity contribution >= 4 is 33.4 Å².